The van der Waals surface area contributed by atoms with Crippen LogP contribution in [-0.2, 0) is 11.0 Å². The Bertz CT molecular complexity index is 738. The molecule has 1 unspecified atom stereocenters. The van der Waals surface area contributed by atoms with Crippen LogP contribution < -0.4 is 10.6 Å². The zero-order valence-electron chi connectivity index (χ0n) is 14.6. The molecule has 1 saturated heterocycles. The number of nitrogens with one attached hydrogen (secondary N) is 2. The van der Waals surface area contributed by atoms with Crippen LogP contribution in [0, 0.1) is 5.92 Å². The van der Waals surface area contributed by atoms with E-state index in [1.165, 1.54) is 12.1 Å². The van der Waals surface area contributed by atoms with Crippen LogP contribution in [0.3, 0.4) is 0 Å². The molecule has 1 fully saturated rings. The Labute approximate surface area is 161 Å². The lowest BCUT2D eigenvalue weighted by molar-refractivity contribution is -0.142. The van der Waals surface area contributed by atoms with E-state index in [4.69, 9.17) is 0 Å². The van der Waals surface area contributed by atoms with Gasteiger partial charge in [0.25, 0.3) is 0 Å². The van der Waals surface area contributed by atoms with E-state index in [9.17, 15) is 18.0 Å². The summed E-state index contributed by atoms with van der Waals surface area (Å²) in [6.45, 7) is 1.92. The van der Waals surface area contributed by atoms with Crippen LogP contribution in [0.2, 0.25) is 0 Å². The largest absolute Gasteiger partial charge is 0.433 e. The lowest BCUT2D eigenvalue weighted by atomic mass is 9.96. The van der Waals surface area contributed by atoms with Gasteiger partial charge in [0.05, 0.1) is 11.9 Å². The summed E-state index contributed by atoms with van der Waals surface area (Å²) in [4.78, 5) is 12.2. The molecular weight excluding hydrogens is 381 g/mol. The van der Waals surface area contributed by atoms with E-state index in [1.54, 1.807) is 12.1 Å². The number of carbonyl (C=O) groups is 1. The number of alkyl halides is 3. The molecule has 3 rings (SSSR count). The lowest BCUT2D eigenvalue weighted by Gasteiger charge is -2.14. The van der Waals surface area contributed by atoms with Crippen LogP contribution in [0.15, 0.2) is 36.5 Å². The number of rotatable bonds is 4. The zero-order chi connectivity index (χ0) is 18.6. The highest BCUT2D eigenvalue weighted by atomic mass is 35.5. The average Bonchev–Trinajstić information content (AvgIpc) is 2.96. The van der Waals surface area contributed by atoms with Gasteiger partial charge in [-0.3, -0.25) is 4.79 Å². The molecular formula is C18H22ClF3N4O. The minimum absolute atomic E-state index is 0. The molecule has 1 aliphatic rings. The van der Waals surface area contributed by atoms with E-state index >= 15 is 0 Å². The topological polar surface area (TPSA) is 59.0 Å². The normalized spacial score (nSPS) is 17.7. The van der Waals surface area contributed by atoms with Crippen molar-refractivity contribution in [1.29, 1.82) is 0 Å². The molecule has 5 nitrogen and oxygen atoms in total. The maximum absolute atomic E-state index is 12.9. The summed E-state index contributed by atoms with van der Waals surface area (Å²) < 4.78 is 39.7. The molecule has 0 bridgehead atoms. The second-order valence-electron chi connectivity index (χ2n) is 6.47. The number of nitrogens with zero attached hydrogens (tertiary/aromatic N) is 2. The standard InChI is InChI=1S/C18H21F3N4O.ClH/c19-18(20,21)16-8-11-23-25(16)15-5-3-14(4-6-15)24-17(26)12-13-2-1-9-22-10-7-13;/h3-6,8,11,13,22H,1-2,7,9-10,12H2,(H,24,26);1H. The molecule has 1 aliphatic heterocycles. The van der Waals surface area contributed by atoms with Gasteiger partial charge in [-0.25, -0.2) is 4.68 Å². The summed E-state index contributed by atoms with van der Waals surface area (Å²) in [7, 11) is 0. The quantitative estimate of drug-likeness (QED) is 0.811. The monoisotopic (exact) mass is 402 g/mol. The molecule has 2 aromatic rings. The number of benzene rings is 1. The third-order valence-electron chi connectivity index (χ3n) is 4.50. The fourth-order valence-electron chi connectivity index (χ4n) is 3.18. The minimum atomic E-state index is -4.48. The Kier molecular flexibility index (Phi) is 7.26. The number of anilines is 1. The number of halogens is 4. The van der Waals surface area contributed by atoms with Gasteiger partial charge in [0.2, 0.25) is 5.91 Å². The van der Waals surface area contributed by atoms with Gasteiger partial charge < -0.3 is 10.6 Å². The van der Waals surface area contributed by atoms with Crippen LogP contribution in [0.5, 0.6) is 0 Å². The smallest absolute Gasteiger partial charge is 0.326 e. The van der Waals surface area contributed by atoms with Gasteiger partial charge in [0.15, 0.2) is 0 Å². The second-order valence-corrected chi connectivity index (χ2v) is 6.47. The second kappa shape index (κ2) is 9.23. The number of aromatic nitrogens is 2. The van der Waals surface area contributed by atoms with Crippen molar-refractivity contribution in [2.45, 2.75) is 31.9 Å². The van der Waals surface area contributed by atoms with E-state index in [0.29, 0.717) is 18.0 Å². The van der Waals surface area contributed by atoms with Gasteiger partial charge in [-0.05, 0) is 68.6 Å². The first-order chi connectivity index (χ1) is 12.4. The first-order valence-corrected chi connectivity index (χ1v) is 8.66. The molecule has 0 aliphatic carbocycles. The van der Waals surface area contributed by atoms with Crippen molar-refractivity contribution in [3.05, 3.63) is 42.2 Å². The van der Waals surface area contributed by atoms with Crippen LogP contribution in [-0.4, -0.2) is 28.8 Å². The van der Waals surface area contributed by atoms with Crippen molar-refractivity contribution < 1.29 is 18.0 Å². The SMILES string of the molecule is Cl.O=C(CC1CCCNCC1)Nc1ccc(-n2nccc2C(F)(F)F)cc1. The number of hydrogen-bond acceptors (Lipinski definition) is 3. The number of carbonyl (C=O) groups excluding carboxylic acids is 1. The third kappa shape index (κ3) is 5.71. The highest BCUT2D eigenvalue weighted by Gasteiger charge is 2.35. The molecule has 0 radical (unpaired) electrons. The maximum Gasteiger partial charge on any atom is 0.433 e. The van der Waals surface area contributed by atoms with Crippen molar-refractivity contribution in [2.75, 3.05) is 18.4 Å². The van der Waals surface area contributed by atoms with Crippen molar-refractivity contribution >= 4 is 24.0 Å². The van der Waals surface area contributed by atoms with Gasteiger partial charge >= 0.3 is 6.18 Å². The van der Waals surface area contributed by atoms with Gasteiger partial charge in [0, 0.05) is 12.1 Å². The van der Waals surface area contributed by atoms with Gasteiger partial charge in [0.1, 0.15) is 5.69 Å². The van der Waals surface area contributed by atoms with E-state index in [1.807, 2.05) is 0 Å². The molecule has 2 N–H and O–H groups in total. The summed E-state index contributed by atoms with van der Waals surface area (Å²) in [5, 5.41) is 9.86. The molecule has 9 heteroatoms. The molecule has 0 saturated carbocycles. The Morgan fingerprint density at radius 3 is 2.63 bits per heavy atom. The first-order valence-electron chi connectivity index (χ1n) is 8.66. The summed E-state index contributed by atoms with van der Waals surface area (Å²) in [6.07, 6.45) is 0.167. The predicted octanol–water partition coefficient (Wildman–Crippen LogP) is 4.03. The Balaban J connectivity index is 0.00000261. The first kappa shape index (κ1) is 21.2. The Morgan fingerprint density at radius 1 is 1.19 bits per heavy atom. The molecule has 0 spiro atoms. The van der Waals surface area contributed by atoms with Crippen LogP contribution in [0.25, 0.3) is 5.69 Å². The Hall–Kier alpha value is -2.06. The Morgan fingerprint density at radius 2 is 1.93 bits per heavy atom. The molecule has 27 heavy (non-hydrogen) atoms. The van der Waals surface area contributed by atoms with E-state index < -0.39 is 11.9 Å². The summed E-state index contributed by atoms with van der Waals surface area (Å²) in [5.74, 6) is 0.294. The molecule has 148 valence electrons. The van der Waals surface area contributed by atoms with Crippen molar-refractivity contribution in [2.24, 2.45) is 5.92 Å². The van der Waals surface area contributed by atoms with Crippen LogP contribution >= 0.6 is 12.4 Å². The predicted molar refractivity (Wildman–Crippen MR) is 99.3 cm³/mol. The molecule has 2 heterocycles. The molecule has 1 aromatic heterocycles. The van der Waals surface area contributed by atoms with Gasteiger partial charge in [-0.1, -0.05) is 0 Å². The third-order valence-corrected chi connectivity index (χ3v) is 4.50. The zero-order valence-corrected chi connectivity index (χ0v) is 15.4. The van der Waals surface area contributed by atoms with Crippen molar-refractivity contribution in [3.8, 4) is 5.69 Å². The molecule has 1 atom stereocenters. The average molecular weight is 403 g/mol. The maximum atomic E-state index is 12.9. The number of hydrogen-bond donors (Lipinski definition) is 2. The van der Waals surface area contributed by atoms with Gasteiger partial charge in [-0.2, -0.15) is 18.3 Å². The highest BCUT2D eigenvalue weighted by molar-refractivity contribution is 5.90. The summed E-state index contributed by atoms with van der Waals surface area (Å²) in [6, 6.07) is 7.12. The van der Waals surface area contributed by atoms with Crippen molar-refractivity contribution in [3.63, 3.8) is 0 Å². The van der Waals surface area contributed by atoms with Crippen LogP contribution in [0.4, 0.5) is 18.9 Å². The lowest BCUT2D eigenvalue weighted by Crippen LogP contribution is -2.18. The van der Waals surface area contributed by atoms with E-state index in [2.05, 4.69) is 15.7 Å². The molecule has 1 aromatic carbocycles. The summed E-state index contributed by atoms with van der Waals surface area (Å²) in [5.41, 5.74) is 0.0117. The summed E-state index contributed by atoms with van der Waals surface area (Å²) >= 11 is 0. The fourth-order valence-corrected chi connectivity index (χ4v) is 3.18. The van der Waals surface area contributed by atoms with Crippen LogP contribution in [0.1, 0.15) is 31.4 Å². The van der Waals surface area contributed by atoms with E-state index in [-0.39, 0.29) is 24.0 Å². The van der Waals surface area contributed by atoms with E-state index in [0.717, 1.165) is 49.3 Å². The highest BCUT2D eigenvalue weighted by Crippen LogP contribution is 2.30. The van der Waals surface area contributed by atoms with Gasteiger partial charge in [-0.15, -0.1) is 12.4 Å². The fraction of sp³-hybridized carbons (Fsp3) is 0.444. The molecule has 1 amide bonds. The van der Waals surface area contributed by atoms with Crippen molar-refractivity contribution in [1.82, 2.24) is 15.1 Å². The number of amides is 1. The minimum Gasteiger partial charge on any atom is -0.326 e.